The first kappa shape index (κ1) is 13.9. The summed E-state index contributed by atoms with van der Waals surface area (Å²) in [6, 6.07) is 8.20. The van der Waals surface area contributed by atoms with Crippen LogP contribution in [-0.4, -0.2) is 27.8 Å². The van der Waals surface area contributed by atoms with Crippen molar-refractivity contribution in [2.45, 2.75) is 6.54 Å². The van der Waals surface area contributed by atoms with E-state index >= 15 is 0 Å². The molecule has 0 radical (unpaired) electrons. The number of benzene rings is 1. The van der Waals surface area contributed by atoms with Crippen molar-refractivity contribution >= 4 is 32.6 Å². The van der Waals surface area contributed by atoms with Crippen molar-refractivity contribution in [3.63, 3.8) is 0 Å². The number of sulfonamides is 1. The molecule has 0 atom stereocenters. The molecule has 0 spiro atoms. The van der Waals surface area contributed by atoms with E-state index in [4.69, 9.17) is 0 Å². The van der Waals surface area contributed by atoms with Gasteiger partial charge in [0.25, 0.3) is 0 Å². The fraction of sp³-hybridized carbons (Fsp3) is 0.400. The van der Waals surface area contributed by atoms with Crippen LogP contribution in [0.5, 0.6) is 0 Å². The molecule has 0 aliphatic carbocycles. The molecule has 6 heteroatoms. The normalized spacial score (nSPS) is 11.6. The first-order valence-electron chi connectivity index (χ1n) is 4.87. The van der Waals surface area contributed by atoms with Crippen LogP contribution in [0.1, 0.15) is 5.56 Å². The van der Waals surface area contributed by atoms with Crippen LogP contribution in [0.15, 0.2) is 24.3 Å². The zero-order valence-corrected chi connectivity index (χ0v) is 12.0. The van der Waals surface area contributed by atoms with Crippen LogP contribution in [0.2, 0.25) is 0 Å². The average molecular weight is 354 g/mol. The molecule has 0 aliphatic rings. The van der Waals surface area contributed by atoms with E-state index in [2.05, 4.69) is 44.8 Å². The molecule has 0 unspecified atom stereocenters. The lowest BCUT2D eigenvalue weighted by molar-refractivity contribution is 0.582. The van der Waals surface area contributed by atoms with Crippen LogP contribution in [-0.2, 0) is 16.6 Å². The van der Waals surface area contributed by atoms with Crippen LogP contribution in [0.25, 0.3) is 0 Å². The van der Waals surface area contributed by atoms with E-state index in [-0.39, 0.29) is 0 Å². The second kappa shape index (κ2) is 6.53. The number of halogens is 1. The van der Waals surface area contributed by atoms with Gasteiger partial charge in [0.15, 0.2) is 0 Å². The predicted molar refractivity (Wildman–Crippen MR) is 73.7 cm³/mol. The van der Waals surface area contributed by atoms with E-state index in [9.17, 15) is 8.42 Å². The molecule has 0 amide bonds. The predicted octanol–water partition coefficient (Wildman–Crippen LogP) is 0.930. The summed E-state index contributed by atoms with van der Waals surface area (Å²) in [6.45, 7) is 1.80. The highest BCUT2D eigenvalue weighted by molar-refractivity contribution is 14.1. The lowest BCUT2D eigenvalue weighted by Crippen LogP contribution is -2.30. The Hall–Kier alpha value is -0.180. The Labute approximate surface area is 110 Å². The lowest BCUT2D eigenvalue weighted by atomic mass is 10.2. The highest BCUT2D eigenvalue weighted by Gasteiger charge is 1.98. The molecule has 0 fully saturated rings. The molecule has 0 saturated heterocycles. The number of hydrogen-bond acceptors (Lipinski definition) is 3. The van der Waals surface area contributed by atoms with Crippen molar-refractivity contribution in [3.05, 3.63) is 33.4 Å². The maximum atomic E-state index is 10.8. The Kier molecular flexibility index (Phi) is 5.67. The Balaban J connectivity index is 2.19. The number of hydrogen-bond donors (Lipinski definition) is 2. The van der Waals surface area contributed by atoms with Crippen molar-refractivity contribution < 1.29 is 8.42 Å². The first-order chi connectivity index (χ1) is 7.47. The van der Waals surface area contributed by atoms with Crippen molar-refractivity contribution in [2.75, 3.05) is 19.3 Å². The van der Waals surface area contributed by atoms with E-state index in [0.717, 1.165) is 12.8 Å². The van der Waals surface area contributed by atoms with Crippen LogP contribution in [0.4, 0.5) is 0 Å². The summed E-state index contributed by atoms with van der Waals surface area (Å²) >= 11 is 2.26. The molecule has 0 bridgehead atoms. The molecule has 0 aliphatic heterocycles. The summed E-state index contributed by atoms with van der Waals surface area (Å²) in [5, 5.41) is 3.16. The van der Waals surface area contributed by atoms with E-state index < -0.39 is 10.0 Å². The minimum Gasteiger partial charge on any atom is -0.311 e. The molecule has 1 aromatic rings. The second-order valence-electron chi connectivity index (χ2n) is 3.47. The fourth-order valence-electron chi connectivity index (χ4n) is 1.16. The van der Waals surface area contributed by atoms with Crippen molar-refractivity contribution in [3.8, 4) is 0 Å². The molecule has 0 saturated carbocycles. The summed E-state index contributed by atoms with van der Waals surface area (Å²) in [6.07, 6.45) is 1.16. The Morgan fingerprint density at radius 1 is 1.19 bits per heavy atom. The van der Waals surface area contributed by atoms with Gasteiger partial charge in [-0.25, -0.2) is 13.1 Å². The quantitative estimate of drug-likeness (QED) is 0.590. The summed E-state index contributed by atoms with van der Waals surface area (Å²) in [7, 11) is -3.07. The van der Waals surface area contributed by atoms with Crippen LogP contribution >= 0.6 is 22.6 Å². The molecule has 90 valence electrons. The zero-order valence-electron chi connectivity index (χ0n) is 9.03. The molecule has 1 aromatic carbocycles. The molecule has 0 aromatic heterocycles. The van der Waals surface area contributed by atoms with Gasteiger partial charge in [-0.05, 0) is 40.3 Å². The fourth-order valence-corrected chi connectivity index (χ4v) is 1.99. The second-order valence-corrected chi connectivity index (χ2v) is 6.55. The van der Waals surface area contributed by atoms with Gasteiger partial charge in [-0.15, -0.1) is 0 Å². The molecular weight excluding hydrogens is 339 g/mol. The van der Waals surface area contributed by atoms with Crippen LogP contribution in [0, 0.1) is 3.57 Å². The topological polar surface area (TPSA) is 58.2 Å². The minimum atomic E-state index is -3.07. The standard InChI is InChI=1S/C10H15IN2O2S/c1-16(14,15)13-7-6-12-8-9-2-4-10(11)5-3-9/h2-5,12-13H,6-8H2,1H3. The van der Waals surface area contributed by atoms with E-state index in [1.54, 1.807) is 0 Å². The Bertz CT molecular complexity index is 417. The van der Waals surface area contributed by atoms with Crippen LogP contribution in [0.3, 0.4) is 0 Å². The lowest BCUT2D eigenvalue weighted by Gasteiger charge is -2.05. The molecule has 16 heavy (non-hydrogen) atoms. The molecule has 2 N–H and O–H groups in total. The number of rotatable bonds is 6. The van der Waals surface area contributed by atoms with Crippen molar-refractivity contribution in [2.24, 2.45) is 0 Å². The first-order valence-corrected chi connectivity index (χ1v) is 7.84. The van der Waals surface area contributed by atoms with Crippen LogP contribution < -0.4 is 10.0 Å². The molecule has 4 nitrogen and oxygen atoms in total. The average Bonchev–Trinajstić information content (AvgIpc) is 2.19. The van der Waals surface area contributed by atoms with Crippen molar-refractivity contribution in [1.29, 1.82) is 0 Å². The van der Waals surface area contributed by atoms with E-state index in [1.165, 1.54) is 9.13 Å². The third-order valence-corrected chi connectivity index (χ3v) is 3.36. The molecular formula is C10H15IN2O2S. The number of nitrogens with one attached hydrogen (secondary N) is 2. The Morgan fingerprint density at radius 3 is 2.38 bits per heavy atom. The summed E-state index contributed by atoms with van der Waals surface area (Å²) in [5.74, 6) is 0. The smallest absolute Gasteiger partial charge is 0.208 e. The zero-order chi connectivity index (χ0) is 12.0. The van der Waals surface area contributed by atoms with Gasteiger partial charge >= 0.3 is 0 Å². The van der Waals surface area contributed by atoms with E-state index in [1.807, 2.05) is 12.1 Å². The maximum absolute atomic E-state index is 10.8. The highest BCUT2D eigenvalue weighted by Crippen LogP contribution is 2.05. The van der Waals surface area contributed by atoms with Crippen molar-refractivity contribution in [1.82, 2.24) is 10.0 Å². The van der Waals surface area contributed by atoms with Gasteiger partial charge in [-0.3, -0.25) is 0 Å². The van der Waals surface area contributed by atoms with Gasteiger partial charge in [0, 0.05) is 23.2 Å². The minimum absolute atomic E-state index is 0.420. The third kappa shape index (κ3) is 6.41. The van der Waals surface area contributed by atoms with Gasteiger partial charge in [0.05, 0.1) is 6.26 Å². The largest absolute Gasteiger partial charge is 0.311 e. The maximum Gasteiger partial charge on any atom is 0.208 e. The SMILES string of the molecule is CS(=O)(=O)NCCNCc1ccc(I)cc1. The Morgan fingerprint density at radius 2 is 1.81 bits per heavy atom. The summed E-state index contributed by atoms with van der Waals surface area (Å²) in [4.78, 5) is 0. The molecule has 1 rings (SSSR count). The van der Waals surface area contributed by atoms with Gasteiger partial charge in [0.1, 0.15) is 0 Å². The van der Waals surface area contributed by atoms with Gasteiger partial charge in [0.2, 0.25) is 10.0 Å². The van der Waals surface area contributed by atoms with Gasteiger partial charge in [-0.1, -0.05) is 12.1 Å². The summed E-state index contributed by atoms with van der Waals surface area (Å²) < 4.78 is 25.2. The highest BCUT2D eigenvalue weighted by atomic mass is 127. The summed E-state index contributed by atoms with van der Waals surface area (Å²) in [5.41, 5.74) is 1.19. The van der Waals surface area contributed by atoms with E-state index in [0.29, 0.717) is 13.1 Å². The third-order valence-electron chi connectivity index (χ3n) is 1.91. The van der Waals surface area contributed by atoms with Gasteiger partial charge < -0.3 is 5.32 Å². The molecule has 0 heterocycles. The monoisotopic (exact) mass is 354 g/mol. The van der Waals surface area contributed by atoms with Gasteiger partial charge in [-0.2, -0.15) is 0 Å².